The first kappa shape index (κ1) is 14.3. The van der Waals surface area contributed by atoms with E-state index in [-0.39, 0.29) is 5.75 Å². The van der Waals surface area contributed by atoms with E-state index in [9.17, 15) is 13.2 Å². The van der Waals surface area contributed by atoms with Crippen molar-refractivity contribution in [2.45, 2.75) is 5.75 Å². The number of nitrogens with zero attached hydrogens (tertiary/aromatic N) is 2. The van der Waals surface area contributed by atoms with Crippen LogP contribution in [0.1, 0.15) is 5.56 Å². The summed E-state index contributed by atoms with van der Waals surface area (Å²) in [6, 6.07) is 6.84. The topological polar surface area (TPSA) is 57.7 Å². The number of carbonyl (C=O) groups is 1. The second-order valence-electron chi connectivity index (χ2n) is 4.43. The van der Waals surface area contributed by atoms with Crippen LogP contribution in [0, 0.1) is 0 Å². The molecule has 1 saturated heterocycles. The molecule has 1 aromatic rings. The highest BCUT2D eigenvalue weighted by Crippen LogP contribution is 2.16. The van der Waals surface area contributed by atoms with Crippen LogP contribution in [-0.2, 0) is 20.6 Å². The van der Waals surface area contributed by atoms with Crippen molar-refractivity contribution >= 4 is 28.0 Å². The van der Waals surface area contributed by atoms with Gasteiger partial charge in [-0.2, -0.15) is 4.31 Å². The summed E-state index contributed by atoms with van der Waals surface area (Å²) in [5.74, 6) is -0.0609. The molecular formula is C12H15ClN2O3S. The quantitative estimate of drug-likeness (QED) is 0.778. The average Bonchev–Trinajstić information content (AvgIpc) is 2.38. The summed E-state index contributed by atoms with van der Waals surface area (Å²) in [4.78, 5) is 12.2. The molecule has 1 fully saturated rings. The predicted octanol–water partition coefficient (Wildman–Crippen LogP) is 0.944. The van der Waals surface area contributed by atoms with Crippen molar-refractivity contribution in [3.05, 3.63) is 34.9 Å². The SMILES string of the molecule is O=CN1CCN(S(=O)(=O)Cc2cccc(Cl)c2)CC1. The Bertz CT molecular complexity index is 554. The molecule has 0 atom stereocenters. The van der Waals surface area contributed by atoms with Crippen molar-refractivity contribution in [2.75, 3.05) is 26.2 Å². The normalized spacial score (nSPS) is 17.4. The molecular weight excluding hydrogens is 288 g/mol. The number of rotatable bonds is 4. The smallest absolute Gasteiger partial charge is 0.218 e. The zero-order chi connectivity index (χ0) is 13.9. The van der Waals surface area contributed by atoms with E-state index in [1.807, 2.05) is 0 Å². The zero-order valence-electron chi connectivity index (χ0n) is 10.3. The fourth-order valence-corrected chi connectivity index (χ4v) is 3.73. The van der Waals surface area contributed by atoms with E-state index in [0.717, 1.165) is 6.41 Å². The Hall–Kier alpha value is -1.11. The van der Waals surface area contributed by atoms with Crippen LogP contribution in [0.15, 0.2) is 24.3 Å². The van der Waals surface area contributed by atoms with Gasteiger partial charge < -0.3 is 4.90 Å². The molecule has 1 aliphatic rings. The highest BCUT2D eigenvalue weighted by Gasteiger charge is 2.26. The molecule has 0 N–H and O–H groups in total. The molecule has 0 aliphatic carbocycles. The third-order valence-corrected chi connectivity index (χ3v) is 5.14. The van der Waals surface area contributed by atoms with Gasteiger partial charge in [-0.05, 0) is 17.7 Å². The molecule has 19 heavy (non-hydrogen) atoms. The van der Waals surface area contributed by atoms with Crippen LogP contribution in [0.25, 0.3) is 0 Å². The van der Waals surface area contributed by atoms with E-state index in [1.165, 1.54) is 4.31 Å². The summed E-state index contributed by atoms with van der Waals surface area (Å²) in [7, 11) is -3.35. The zero-order valence-corrected chi connectivity index (χ0v) is 11.9. The maximum Gasteiger partial charge on any atom is 0.218 e. The highest BCUT2D eigenvalue weighted by atomic mass is 35.5. The van der Waals surface area contributed by atoms with E-state index >= 15 is 0 Å². The van der Waals surface area contributed by atoms with Gasteiger partial charge in [-0.25, -0.2) is 8.42 Å². The van der Waals surface area contributed by atoms with Crippen molar-refractivity contribution in [3.63, 3.8) is 0 Å². The molecule has 1 amide bonds. The van der Waals surface area contributed by atoms with Crippen molar-refractivity contribution in [3.8, 4) is 0 Å². The van der Waals surface area contributed by atoms with Crippen LogP contribution < -0.4 is 0 Å². The van der Waals surface area contributed by atoms with Crippen LogP contribution in [0.4, 0.5) is 0 Å². The van der Waals surface area contributed by atoms with Gasteiger partial charge >= 0.3 is 0 Å². The number of piperazine rings is 1. The maximum atomic E-state index is 12.2. The standard InChI is InChI=1S/C12H15ClN2O3S/c13-12-3-1-2-11(8-12)9-19(17,18)15-6-4-14(10-16)5-7-15/h1-3,8,10H,4-7,9H2. The fourth-order valence-electron chi connectivity index (χ4n) is 2.02. The largest absolute Gasteiger partial charge is 0.343 e. The van der Waals surface area contributed by atoms with Gasteiger partial charge in [-0.15, -0.1) is 0 Å². The lowest BCUT2D eigenvalue weighted by atomic mass is 10.2. The van der Waals surface area contributed by atoms with Crippen LogP contribution in [0.2, 0.25) is 5.02 Å². The van der Waals surface area contributed by atoms with Crippen LogP contribution in [-0.4, -0.2) is 50.2 Å². The summed E-state index contributed by atoms with van der Waals surface area (Å²) in [5, 5.41) is 0.526. The number of halogens is 1. The molecule has 0 aromatic heterocycles. The number of carbonyl (C=O) groups excluding carboxylic acids is 1. The predicted molar refractivity (Wildman–Crippen MR) is 73.3 cm³/mol. The first-order chi connectivity index (χ1) is 9.01. The van der Waals surface area contributed by atoms with Crippen molar-refractivity contribution in [1.82, 2.24) is 9.21 Å². The number of hydrogen-bond acceptors (Lipinski definition) is 3. The van der Waals surface area contributed by atoms with Crippen LogP contribution >= 0.6 is 11.6 Å². The number of hydrogen-bond donors (Lipinski definition) is 0. The average molecular weight is 303 g/mol. The van der Waals surface area contributed by atoms with E-state index in [0.29, 0.717) is 36.8 Å². The Morgan fingerprint density at radius 2 is 1.89 bits per heavy atom. The number of amides is 1. The van der Waals surface area contributed by atoms with Gasteiger partial charge in [0.15, 0.2) is 0 Å². The highest BCUT2D eigenvalue weighted by molar-refractivity contribution is 7.88. The van der Waals surface area contributed by atoms with Gasteiger partial charge in [0.05, 0.1) is 5.75 Å². The Morgan fingerprint density at radius 3 is 2.47 bits per heavy atom. The third kappa shape index (κ3) is 3.68. The van der Waals surface area contributed by atoms with E-state index in [1.54, 1.807) is 29.2 Å². The molecule has 0 spiro atoms. The molecule has 2 rings (SSSR count). The minimum atomic E-state index is -3.35. The van der Waals surface area contributed by atoms with Crippen molar-refractivity contribution in [2.24, 2.45) is 0 Å². The lowest BCUT2D eigenvalue weighted by Crippen LogP contribution is -2.48. The molecule has 1 aliphatic heterocycles. The first-order valence-corrected chi connectivity index (χ1v) is 7.91. The summed E-state index contributed by atoms with van der Waals surface area (Å²) in [6.07, 6.45) is 0.751. The lowest BCUT2D eigenvalue weighted by molar-refractivity contribution is -0.119. The maximum absolute atomic E-state index is 12.2. The van der Waals surface area contributed by atoms with Crippen LogP contribution in [0.3, 0.4) is 0 Å². The minimum absolute atomic E-state index is 0.0609. The number of sulfonamides is 1. The van der Waals surface area contributed by atoms with Gasteiger partial charge in [-0.1, -0.05) is 23.7 Å². The van der Waals surface area contributed by atoms with E-state index in [2.05, 4.69) is 0 Å². The summed E-state index contributed by atoms with van der Waals surface area (Å²) in [5.41, 5.74) is 0.672. The summed E-state index contributed by atoms with van der Waals surface area (Å²) in [6.45, 7) is 1.58. The van der Waals surface area contributed by atoms with E-state index < -0.39 is 10.0 Å². The van der Waals surface area contributed by atoms with Crippen molar-refractivity contribution in [1.29, 1.82) is 0 Å². The van der Waals surface area contributed by atoms with Gasteiger partial charge in [0.25, 0.3) is 0 Å². The molecule has 5 nitrogen and oxygen atoms in total. The van der Waals surface area contributed by atoms with Crippen LogP contribution in [0.5, 0.6) is 0 Å². The Kier molecular flexibility index (Phi) is 4.44. The third-order valence-electron chi connectivity index (χ3n) is 3.05. The fraction of sp³-hybridized carbons (Fsp3) is 0.417. The Balaban J connectivity index is 2.05. The molecule has 0 bridgehead atoms. The molecule has 0 unspecified atom stereocenters. The first-order valence-electron chi connectivity index (χ1n) is 5.93. The molecule has 7 heteroatoms. The lowest BCUT2D eigenvalue weighted by Gasteiger charge is -2.31. The second-order valence-corrected chi connectivity index (χ2v) is 6.83. The molecule has 1 aromatic carbocycles. The second kappa shape index (κ2) is 5.90. The van der Waals surface area contributed by atoms with Gasteiger partial charge in [0.1, 0.15) is 0 Å². The number of benzene rings is 1. The van der Waals surface area contributed by atoms with Gasteiger partial charge in [-0.3, -0.25) is 4.79 Å². The molecule has 0 saturated carbocycles. The summed E-state index contributed by atoms with van der Waals surface area (Å²) < 4.78 is 25.9. The Labute approximate surface area is 117 Å². The molecule has 104 valence electrons. The summed E-state index contributed by atoms with van der Waals surface area (Å²) >= 11 is 5.84. The van der Waals surface area contributed by atoms with E-state index in [4.69, 9.17) is 11.6 Å². The monoisotopic (exact) mass is 302 g/mol. The van der Waals surface area contributed by atoms with Crippen molar-refractivity contribution < 1.29 is 13.2 Å². The minimum Gasteiger partial charge on any atom is -0.343 e. The molecule has 0 radical (unpaired) electrons. The van der Waals surface area contributed by atoms with Gasteiger partial charge in [0, 0.05) is 31.2 Å². The van der Waals surface area contributed by atoms with Gasteiger partial charge in [0.2, 0.25) is 16.4 Å². The Morgan fingerprint density at radius 1 is 1.21 bits per heavy atom. The molecule has 1 heterocycles.